The fourth-order valence-corrected chi connectivity index (χ4v) is 2.74. The number of anilines is 1. The Hall–Kier alpha value is -1.56. The molecule has 0 bridgehead atoms. The molecule has 2 amide bonds. The number of halogens is 1. The standard InChI is InChI=1S/C16H21BrN2O3/c1-16(2,3)22-15(21)19-10-6-9-13(19)14(20)18-12-8-5-4-7-11(12)17/h4-5,7-8,13H,6,9-10H2,1-3H3,(H,18,20). The zero-order valence-corrected chi connectivity index (χ0v) is 14.6. The van der Waals surface area contributed by atoms with Crippen LogP contribution in [0.5, 0.6) is 0 Å². The van der Waals surface area contributed by atoms with Crippen LogP contribution in [0.2, 0.25) is 0 Å². The lowest BCUT2D eigenvalue weighted by Crippen LogP contribution is -2.45. The van der Waals surface area contributed by atoms with Crippen molar-refractivity contribution in [3.63, 3.8) is 0 Å². The number of hydrogen-bond acceptors (Lipinski definition) is 3. The maximum absolute atomic E-state index is 12.5. The largest absolute Gasteiger partial charge is 0.444 e. The molecule has 22 heavy (non-hydrogen) atoms. The van der Waals surface area contributed by atoms with Gasteiger partial charge in [0.25, 0.3) is 0 Å². The van der Waals surface area contributed by atoms with E-state index < -0.39 is 17.7 Å². The Balaban J connectivity index is 2.05. The summed E-state index contributed by atoms with van der Waals surface area (Å²) >= 11 is 3.40. The van der Waals surface area contributed by atoms with Gasteiger partial charge in [0.15, 0.2) is 0 Å². The van der Waals surface area contributed by atoms with Gasteiger partial charge >= 0.3 is 6.09 Å². The summed E-state index contributed by atoms with van der Waals surface area (Å²) in [6.07, 6.45) is 1.01. The third kappa shape index (κ3) is 4.22. The maximum atomic E-state index is 12.5. The molecule has 0 radical (unpaired) electrons. The Morgan fingerprint density at radius 2 is 2.00 bits per heavy atom. The molecule has 0 aromatic heterocycles. The molecule has 1 N–H and O–H groups in total. The molecule has 1 heterocycles. The summed E-state index contributed by atoms with van der Waals surface area (Å²) in [6, 6.07) is 6.91. The van der Waals surface area contributed by atoms with E-state index in [9.17, 15) is 9.59 Å². The number of hydrogen-bond donors (Lipinski definition) is 1. The smallest absolute Gasteiger partial charge is 0.410 e. The van der Waals surface area contributed by atoms with Crippen molar-refractivity contribution in [3.8, 4) is 0 Å². The molecule has 1 aromatic rings. The fraction of sp³-hybridized carbons (Fsp3) is 0.500. The van der Waals surface area contributed by atoms with E-state index in [-0.39, 0.29) is 5.91 Å². The predicted molar refractivity (Wildman–Crippen MR) is 88.7 cm³/mol. The van der Waals surface area contributed by atoms with Crippen LogP contribution in [-0.4, -0.2) is 35.1 Å². The van der Waals surface area contributed by atoms with E-state index in [1.807, 2.05) is 45.0 Å². The van der Waals surface area contributed by atoms with E-state index in [1.54, 1.807) is 0 Å². The van der Waals surface area contributed by atoms with Crippen LogP contribution in [0.4, 0.5) is 10.5 Å². The molecule has 1 unspecified atom stereocenters. The first kappa shape index (κ1) is 16.8. The van der Waals surface area contributed by atoms with Gasteiger partial charge in [-0.25, -0.2) is 4.79 Å². The second kappa shape index (κ2) is 6.69. The number of nitrogens with one attached hydrogen (secondary N) is 1. The topological polar surface area (TPSA) is 58.6 Å². The number of carbonyl (C=O) groups excluding carboxylic acids is 2. The summed E-state index contributed by atoms with van der Waals surface area (Å²) in [4.78, 5) is 26.2. The highest BCUT2D eigenvalue weighted by Gasteiger charge is 2.36. The number of benzene rings is 1. The van der Waals surface area contributed by atoms with Gasteiger partial charge < -0.3 is 10.1 Å². The van der Waals surface area contributed by atoms with Gasteiger partial charge in [-0.3, -0.25) is 9.69 Å². The van der Waals surface area contributed by atoms with Crippen molar-refractivity contribution >= 4 is 33.6 Å². The molecule has 1 saturated heterocycles. The van der Waals surface area contributed by atoms with Crippen molar-refractivity contribution in [1.82, 2.24) is 4.90 Å². The minimum absolute atomic E-state index is 0.185. The zero-order valence-electron chi connectivity index (χ0n) is 13.1. The molecule has 0 aliphatic carbocycles. The SMILES string of the molecule is CC(C)(C)OC(=O)N1CCCC1C(=O)Nc1ccccc1Br. The summed E-state index contributed by atoms with van der Waals surface area (Å²) in [5.41, 5.74) is 0.131. The summed E-state index contributed by atoms with van der Waals surface area (Å²) in [6.45, 7) is 5.99. The van der Waals surface area contributed by atoms with Crippen molar-refractivity contribution in [2.45, 2.75) is 45.3 Å². The van der Waals surface area contributed by atoms with Gasteiger partial charge in [0.05, 0.1) is 5.69 Å². The maximum Gasteiger partial charge on any atom is 0.410 e. The van der Waals surface area contributed by atoms with Crippen molar-refractivity contribution in [2.24, 2.45) is 0 Å². The first-order valence-electron chi connectivity index (χ1n) is 7.33. The number of para-hydroxylation sites is 1. The number of carbonyl (C=O) groups is 2. The molecule has 2 rings (SSSR count). The Bertz CT molecular complexity index is 569. The molecule has 1 atom stereocenters. The lowest BCUT2D eigenvalue weighted by Gasteiger charge is -2.28. The van der Waals surface area contributed by atoms with Crippen LogP contribution in [0.3, 0.4) is 0 Å². The van der Waals surface area contributed by atoms with Gasteiger partial charge in [0.1, 0.15) is 11.6 Å². The number of amides is 2. The molecule has 0 spiro atoms. The van der Waals surface area contributed by atoms with E-state index >= 15 is 0 Å². The average Bonchev–Trinajstić information content (AvgIpc) is 2.89. The first-order chi connectivity index (χ1) is 10.3. The Kier molecular flexibility index (Phi) is 5.11. The molecule has 1 aromatic carbocycles. The van der Waals surface area contributed by atoms with Crippen LogP contribution < -0.4 is 5.32 Å². The minimum Gasteiger partial charge on any atom is -0.444 e. The number of nitrogens with zero attached hydrogens (tertiary/aromatic N) is 1. The average molecular weight is 369 g/mol. The number of rotatable bonds is 2. The number of ether oxygens (including phenoxy) is 1. The molecule has 0 saturated carbocycles. The normalized spacial score (nSPS) is 18.2. The van der Waals surface area contributed by atoms with Crippen LogP contribution >= 0.6 is 15.9 Å². The third-order valence-electron chi connectivity index (χ3n) is 3.32. The summed E-state index contributed by atoms with van der Waals surface area (Å²) in [7, 11) is 0. The molecular weight excluding hydrogens is 348 g/mol. The van der Waals surface area contributed by atoms with Gasteiger partial charge in [-0.15, -0.1) is 0 Å². The van der Waals surface area contributed by atoms with Crippen molar-refractivity contribution in [2.75, 3.05) is 11.9 Å². The van der Waals surface area contributed by atoms with Gasteiger partial charge in [-0.2, -0.15) is 0 Å². The van der Waals surface area contributed by atoms with Gasteiger partial charge in [0, 0.05) is 11.0 Å². The molecule has 1 aliphatic rings. The van der Waals surface area contributed by atoms with E-state index in [0.717, 1.165) is 10.9 Å². The van der Waals surface area contributed by atoms with Crippen LogP contribution in [0, 0.1) is 0 Å². The zero-order chi connectivity index (χ0) is 16.3. The van der Waals surface area contributed by atoms with Crippen LogP contribution in [-0.2, 0) is 9.53 Å². The van der Waals surface area contributed by atoms with Crippen LogP contribution in [0.1, 0.15) is 33.6 Å². The monoisotopic (exact) mass is 368 g/mol. The van der Waals surface area contributed by atoms with E-state index in [1.165, 1.54) is 4.90 Å². The highest BCUT2D eigenvalue weighted by Crippen LogP contribution is 2.25. The molecule has 1 aliphatic heterocycles. The molecule has 6 heteroatoms. The molecular formula is C16H21BrN2O3. The van der Waals surface area contributed by atoms with Crippen molar-refractivity contribution in [3.05, 3.63) is 28.7 Å². The highest BCUT2D eigenvalue weighted by molar-refractivity contribution is 9.10. The van der Waals surface area contributed by atoms with E-state index in [4.69, 9.17) is 4.74 Å². The fourth-order valence-electron chi connectivity index (χ4n) is 2.36. The highest BCUT2D eigenvalue weighted by atomic mass is 79.9. The summed E-state index contributed by atoms with van der Waals surface area (Å²) in [5, 5.41) is 2.86. The Labute approximate surface area is 139 Å². The van der Waals surface area contributed by atoms with E-state index in [0.29, 0.717) is 18.7 Å². The van der Waals surface area contributed by atoms with Crippen LogP contribution in [0.25, 0.3) is 0 Å². The minimum atomic E-state index is -0.566. The number of likely N-dealkylation sites (tertiary alicyclic amines) is 1. The van der Waals surface area contributed by atoms with Crippen molar-refractivity contribution < 1.29 is 14.3 Å². The Morgan fingerprint density at radius 1 is 1.32 bits per heavy atom. The first-order valence-corrected chi connectivity index (χ1v) is 8.12. The van der Waals surface area contributed by atoms with Crippen molar-refractivity contribution in [1.29, 1.82) is 0 Å². The predicted octanol–water partition coefficient (Wildman–Crippen LogP) is 3.79. The second-order valence-electron chi connectivity index (χ2n) is 6.30. The van der Waals surface area contributed by atoms with E-state index in [2.05, 4.69) is 21.2 Å². The summed E-state index contributed by atoms with van der Waals surface area (Å²) in [5.74, 6) is -0.185. The van der Waals surface area contributed by atoms with Gasteiger partial charge in [-0.05, 0) is 61.7 Å². The third-order valence-corrected chi connectivity index (χ3v) is 4.01. The van der Waals surface area contributed by atoms with Gasteiger partial charge in [-0.1, -0.05) is 12.1 Å². The second-order valence-corrected chi connectivity index (χ2v) is 7.16. The lowest BCUT2D eigenvalue weighted by molar-refractivity contribution is -0.120. The molecule has 1 fully saturated rings. The lowest BCUT2D eigenvalue weighted by atomic mass is 10.2. The van der Waals surface area contributed by atoms with Gasteiger partial charge in [0.2, 0.25) is 5.91 Å². The molecule has 120 valence electrons. The Morgan fingerprint density at radius 3 is 2.64 bits per heavy atom. The summed E-state index contributed by atoms with van der Waals surface area (Å²) < 4.78 is 6.18. The van der Waals surface area contributed by atoms with Crippen LogP contribution in [0.15, 0.2) is 28.7 Å². The quantitative estimate of drug-likeness (QED) is 0.863. The molecule has 5 nitrogen and oxygen atoms in total.